The largest absolute Gasteiger partial charge is 0.497 e. The molecule has 1 N–H and O–H groups in total. The van der Waals surface area contributed by atoms with Crippen LogP contribution in [-0.2, 0) is 13.2 Å². The zero-order valence-corrected chi connectivity index (χ0v) is 12.2. The average molecular weight is 304 g/mol. The molecule has 0 spiro atoms. The molecule has 6 heteroatoms. The maximum atomic E-state index is 9.06. The Bertz CT molecular complexity index is 786. The number of ether oxygens (including phenoxy) is 1. The Hall–Kier alpha value is -2.11. The Balaban J connectivity index is 1.98. The number of fused-ring (bicyclic) bond motifs is 1. The third-order valence-corrected chi connectivity index (χ3v) is 3.58. The van der Waals surface area contributed by atoms with Gasteiger partial charge >= 0.3 is 0 Å². The van der Waals surface area contributed by atoms with Gasteiger partial charge < -0.3 is 9.84 Å². The quantitative estimate of drug-likeness (QED) is 0.753. The highest BCUT2D eigenvalue weighted by Gasteiger charge is 2.08. The van der Waals surface area contributed by atoms with Crippen molar-refractivity contribution in [2.45, 2.75) is 13.2 Å². The minimum Gasteiger partial charge on any atom is -0.497 e. The van der Waals surface area contributed by atoms with E-state index in [0.717, 1.165) is 27.8 Å². The number of nitrogens with zero attached hydrogens (tertiary/aromatic N) is 3. The van der Waals surface area contributed by atoms with Crippen molar-refractivity contribution in [3.05, 3.63) is 52.9 Å². The summed E-state index contributed by atoms with van der Waals surface area (Å²) in [6.07, 6.45) is 3.41. The molecule has 0 aliphatic rings. The summed E-state index contributed by atoms with van der Waals surface area (Å²) in [6.45, 7) is 0.472. The number of methoxy groups -OCH3 is 1. The first-order valence-electron chi connectivity index (χ1n) is 6.45. The van der Waals surface area contributed by atoms with E-state index in [1.54, 1.807) is 24.2 Å². The number of hydrogen-bond donors (Lipinski definition) is 1. The molecule has 108 valence electrons. The van der Waals surface area contributed by atoms with Gasteiger partial charge in [0.05, 0.1) is 32.0 Å². The Morgan fingerprint density at radius 3 is 2.90 bits per heavy atom. The van der Waals surface area contributed by atoms with Crippen LogP contribution in [0.5, 0.6) is 5.75 Å². The highest BCUT2D eigenvalue weighted by Crippen LogP contribution is 2.24. The number of pyridine rings is 1. The SMILES string of the molecule is COc1ccc2nc(Cl)c(Cn3cc(CO)cn3)cc2c1. The summed E-state index contributed by atoms with van der Waals surface area (Å²) in [7, 11) is 1.63. The molecule has 5 nitrogen and oxygen atoms in total. The van der Waals surface area contributed by atoms with Gasteiger partial charge in [-0.25, -0.2) is 4.98 Å². The lowest BCUT2D eigenvalue weighted by molar-refractivity contribution is 0.281. The Morgan fingerprint density at radius 2 is 2.19 bits per heavy atom. The second kappa shape index (κ2) is 5.71. The molecule has 3 rings (SSSR count). The predicted molar refractivity (Wildman–Crippen MR) is 80.6 cm³/mol. The van der Waals surface area contributed by atoms with E-state index in [4.69, 9.17) is 21.4 Å². The molecule has 1 aromatic carbocycles. The second-order valence-electron chi connectivity index (χ2n) is 4.70. The van der Waals surface area contributed by atoms with Crippen molar-refractivity contribution >= 4 is 22.5 Å². The number of aliphatic hydroxyl groups excluding tert-OH is 1. The standard InChI is InChI=1S/C15H14ClN3O2/c1-21-13-2-3-14-11(5-13)4-12(15(16)18-14)8-19-7-10(9-20)6-17-19/h2-7,20H,8-9H2,1H3. The summed E-state index contributed by atoms with van der Waals surface area (Å²) in [6, 6.07) is 7.63. The number of halogens is 1. The lowest BCUT2D eigenvalue weighted by atomic mass is 10.1. The summed E-state index contributed by atoms with van der Waals surface area (Å²) in [5, 5.41) is 14.7. The van der Waals surface area contributed by atoms with Crippen LogP contribution < -0.4 is 4.74 Å². The Kier molecular flexibility index (Phi) is 3.77. The molecule has 0 fully saturated rings. The fourth-order valence-corrected chi connectivity index (χ4v) is 2.37. The van der Waals surface area contributed by atoms with Crippen molar-refractivity contribution in [2.75, 3.05) is 7.11 Å². The number of aromatic nitrogens is 3. The first-order chi connectivity index (χ1) is 10.2. The number of rotatable bonds is 4. The molecule has 0 radical (unpaired) electrons. The van der Waals surface area contributed by atoms with Crippen LogP contribution in [0, 0.1) is 0 Å². The van der Waals surface area contributed by atoms with Gasteiger partial charge in [-0.2, -0.15) is 5.10 Å². The first-order valence-corrected chi connectivity index (χ1v) is 6.83. The summed E-state index contributed by atoms with van der Waals surface area (Å²) in [4.78, 5) is 4.39. The topological polar surface area (TPSA) is 60.2 Å². The van der Waals surface area contributed by atoms with Crippen LogP contribution in [0.15, 0.2) is 36.7 Å². The second-order valence-corrected chi connectivity index (χ2v) is 5.06. The molecule has 2 heterocycles. The molecule has 0 saturated heterocycles. The lowest BCUT2D eigenvalue weighted by Gasteiger charge is -2.07. The third kappa shape index (κ3) is 2.84. The van der Waals surface area contributed by atoms with Gasteiger partial charge in [-0.05, 0) is 24.3 Å². The number of aliphatic hydroxyl groups is 1. The molecular formula is C15H14ClN3O2. The van der Waals surface area contributed by atoms with Gasteiger partial charge in [0.2, 0.25) is 0 Å². The molecular weight excluding hydrogens is 290 g/mol. The van der Waals surface area contributed by atoms with E-state index in [0.29, 0.717) is 11.7 Å². The van der Waals surface area contributed by atoms with Gasteiger partial charge in [0, 0.05) is 22.7 Å². The smallest absolute Gasteiger partial charge is 0.134 e. The number of benzene rings is 1. The monoisotopic (exact) mass is 303 g/mol. The normalized spacial score (nSPS) is 11.0. The zero-order chi connectivity index (χ0) is 14.8. The summed E-state index contributed by atoms with van der Waals surface area (Å²) >= 11 is 6.23. The molecule has 0 bridgehead atoms. The third-order valence-electron chi connectivity index (χ3n) is 3.25. The van der Waals surface area contributed by atoms with Gasteiger partial charge in [0.15, 0.2) is 0 Å². The van der Waals surface area contributed by atoms with Crippen LogP contribution in [0.25, 0.3) is 10.9 Å². The minimum atomic E-state index is -0.0269. The molecule has 0 amide bonds. The molecule has 0 atom stereocenters. The fraction of sp³-hybridized carbons (Fsp3) is 0.200. The molecule has 0 unspecified atom stereocenters. The average Bonchev–Trinajstić information content (AvgIpc) is 2.95. The van der Waals surface area contributed by atoms with Crippen molar-refractivity contribution in [3.63, 3.8) is 0 Å². The van der Waals surface area contributed by atoms with Crippen LogP contribution in [0.3, 0.4) is 0 Å². The molecule has 21 heavy (non-hydrogen) atoms. The Labute approximate surface area is 126 Å². The van der Waals surface area contributed by atoms with Crippen LogP contribution in [-0.4, -0.2) is 27.0 Å². The van der Waals surface area contributed by atoms with E-state index in [9.17, 15) is 0 Å². The van der Waals surface area contributed by atoms with Crippen molar-refractivity contribution in [2.24, 2.45) is 0 Å². The highest BCUT2D eigenvalue weighted by atomic mass is 35.5. The maximum absolute atomic E-state index is 9.06. The maximum Gasteiger partial charge on any atom is 0.134 e. The molecule has 0 aliphatic heterocycles. The van der Waals surface area contributed by atoms with Crippen LogP contribution >= 0.6 is 11.6 Å². The minimum absolute atomic E-state index is 0.0269. The summed E-state index contributed by atoms with van der Waals surface area (Å²) in [5.74, 6) is 0.777. The van der Waals surface area contributed by atoms with E-state index < -0.39 is 0 Å². The highest BCUT2D eigenvalue weighted by molar-refractivity contribution is 6.30. The van der Waals surface area contributed by atoms with Crippen molar-refractivity contribution in [3.8, 4) is 5.75 Å². The summed E-state index contributed by atoms with van der Waals surface area (Å²) in [5.41, 5.74) is 2.45. The first kappa shape index (κ1) is 13.9. The van der Waals surface area contributed by atoms with E-state index in [1.807, 2.05) is 24.3 Å². The van der Waals surface area contributed by atoms with Gasteiger partial charge in [-0.1, -0.05) is 11.6 Å². The lowest BCUT2D eigenvalue weighted by Crippen LogP contribution is -2.02. The molecule has 3 aromatic rings. The summed E-state index contributed by atoms with van der Waals surface area (Å²) < 4.78 is 6.95. The predicted octanol–water partition coefficient (Wildman–Crippen LogP) is 2.63. The van der Waals surface area contributed by atoms with Gasteiger partial charge in [-0.15, -0.1) is 0 Å². The van der Waals surface area contributed by atoms with E-state index in [2.05, 4.69) is 10.1 Å². The van der Waals surface area contributed by atoms with Crippen molar-refractivity contribution in [1.29, 1.82) is 0 Å². The number of hydrogen-bond acceptors (Lipinski definition) is 4. The van der Waals surface area contributed by atoms with Crippen molar-refractivity contribution < 1.29 is 9.84 Å². The van der Waals surface area contributed by atoms with Gasteiger partial charge in [-0.3, -0.25) is 4.68 Å². The van der Waals surface area contributed by atoms with Gasteiger partial charge in [0.25, 0.3) is 0 Å². The van der Waals surface area contributed by atoms with Crippen LogP contribution in [0.2, 0.25) is 5.15 Å². The van der Waals surface area contributed by atoms with E-state index in [1.165, 1.54) is 0 Å². The molecule has 0 saturated carbocycles. The van der Waals surface area contributed by atoms with Crippen molar-refractivity contribution in [1.82, 2.24) is 14.8 Å². The van der Waals surface area contributed by atoms with Crippen LogP contribution in [0.4, 0.5) is 0 Å². The molecule has 0 aliphatic carbocycles. The van der Waals surface area contributed by atoms with Gasteiger partial charge in [0.1, 0.15) is 10.9 Å². The zero-order valence-electron chi connectivity index (χ0n) is 11.5. The van der Waals surface area contributed by atoms with Crippen LogP contribution in [0.1, 0.15) is 11.1 Å². The fourth-order valence-electron chi connectivity index (χ4n) is 2.16. The van der Waals surface area contributed by atoms with E-state index >= 15 is 0 Å². The van der Waals surface area contributed by atoms with E-state index in [-0.39, 0.29) is 6.61 Å². The molecule has 2 aromatic heterocycles. The Morgan fingerprint density at radius 1 is 1.33 bits per heavy atom.